The first-order valence-corrected chi connectivity index (χ1v) is 9.42. The largest absolute Gasteiger partial charge is 0.375 e. The first-order valence-electron chi connectivity index (χ1n) is 7.49. The molecular weight excluding hydrogens is 382 g/mol. The second-order valence-electron chi connectivity index (χ2n) is 5.62. The van der Waals surface area contributed by atoms with Crippen LogP contribution in [-0.2, 0) is 14.8 Å². The lowest BCUT2D eigenvalue weighted by molar-refractivity contribution is -0.384. The monoisotopic (exact) mass is 399 g/mol. The standard InChI is InChI=1S/C16H18ClN3O5S/c1-10(16(25-2)11-3-5-12(17)6-4-11)19-14-8-7-13(26(18,23)24)9-15(14)20(21)22/h3-10,16,19H,1-2H3,(H2,18,23,24). The van der Waals surface area contributed by atoms with Crippen molar-refractivity contribution < 1.29 is 18.1 Å². The average Bonchev–Trinajstić information content (AvgIpc) is 2.56. The van der Waals surface area contributed by atoms with Crippen LogP contribution in [0.5, 0.6) is 0 Å². The predicted molar refractivity (Wildman–Crippen MR) is 98.8 cm³/mol. The van der Waals surface area contributed by atoms with Crippen LogP contribution in [0.3, 0.4) is 0 Å². The van der Waals surface area contributed by atoms with Gasteiger partial charge in [0.2, 0.25) is 10.0 Å². The van der Waals surface area contributed by atoms with E-state index in [0.29, 0.717) is 5.02 Å². The minimum absolute atomic E-state index is 0.158. The number of hydrogen-bond donors (Lipinski definition) is 2. The number of halogens is 1. The van der Waals surface area contributed by atoms with Gasteiger partial charge in [-0.15, -0.1) is 0 Å². The number of ether oxygens (including phenoxy) is 1. The summed E-state index contributed by atoms with van der Waals surface area (Å²) < 4.78 is 28.3. The Balaban J connectivity index is 2.33. The average molecular weight is 400 g/mol. The van der Waals surface area contributed by atoms with E-state index >= 15 is 0 Å². The summed E-state index contributed by atoms with van der Waals surface area (Å²) in [4.78, 5) is 10.3. The van der Waals surface area contributed by atoms with E-state index in [0.717, 1.165) is 11.6 Å². The summed E-state index contributed by atoms with van der Waals surface area (Å²) in [5, 5.41) is 19.9. The number of nitro groups is 1. The maximum Gasteiger partial charge on any atom is 0.293 e. The van der Waals surface area contributed by atoms with Gasteiger partial charge in [0, 0.05) is 18.2 Å². The summed E-state index contributed by atoms with van der Waals surface area (Å²) in [7, 11) is -2.52. The van der Waals surface area contributed by atoms with Crippen molar-refractivity contribution in [3.05, 3.63) is 63.2 Å². The number of nitrogens with one attached hydrogen (secondary N) is 1. The molecule has 0 aliphatic heterocycles. The van der Waals surface area contributed by atoms with Gasteiger partial charge in [-0.2, -0.15) is 0 Å². The third kappa shape index (κ3) is 4.70. The molecule has 0 radical (unpaired) electrons. The highest BCUT2D eigenvalue weighted by molar-refractivity contribution is 7.89. The van der Waals surface area contributed by atoms with Crippen molar-refractivity contribution in [1.29, 1.82) is 0 Å². The quantitative estimate of drug-likeness (QED) is 0.544. The fourth-order valence-electron chi connectivity index (χ4n) is 2.56. The van der Waals surface area contributed by atoms with Gasteiger partial charge < -0.3 is 10.1 Å². The van der Waals surface area contributed by atoms with E-state index in [-0.39, 0.29) is 16.6 Å². The Hall–Kier alpha value is -2.20. The topological polar surface area (TPSA) is 125 Å². The van der Waals surface area contributed by atoms with Gasteiger partial charge in [0.1, 0.15) is 11.8 Å². The first-order chi connectivity index (χ1) is 12.1. The number of nitrogens with zero attached hydrogens (tertiary/aromatic N) is 1. The van der Waals surface area contributed by atoms with Gasteiger partial charge in [-0.05, 0) is 36.8 Å². The molecule has 2 atom stereocenters. The van der Waals surface area contributed by atoms with E-state index in [4.69, 9.17) is 21.5 Å². The summed E-state index contributed by atoms with van der Waals surface area (Å²) in [6, 6.07) is 10.1. The number of nitro benzene ring substituents is 1. The molecule has 8 nitrogen and oxygen atoms in total. The first kappa shape index (κ1) is 20.1. The zero-order valence-corrected chi connectivity index (χ0v) is 15.6. The molecule has 2 aromatic carbocycles. The van der Waals surface area contributed by atoms with Gasteiger partial charge in [-0.3, -0.25) is 10.1 Å². The Morgan fingerprint density at radius 1 is 1.23 bits per heavy atom. The third-order valence-corrected chi connectivity index (χ3v) is 4.95. The van der Waals surface area contributed by atoms with Crippen LogP contribution in [0.25, 0.3) is 0 Å². The Kier molecular flexibility index (Phi) is 6.19. The molecule has 0 aliphatic rings. The Morgan fingerprint density at radius 2 is 1.85 bits per heavy atom. The lowest BCUT2D eigenvalue weighted by Crippen LogP contribution is -2.26. The van der Waals surface area contributed by atoms with E-state index in [1.165, 1.54) is 19.2 Å². The molecule has 0 aromatic heterocycles. The molecule has 140 valence electrons. The van der Waals surface area contributed by atoms with Crippen LogP contribution in [0.4, 0.5) is 11.4 Å². The number of benzene rings is 2. The summed E-state index contributed by atoms with van der Waals surface area (Å²) >= 11 is 5.89. The molecular formula is C16H18ClN3O5S. The van der Waals surface area contributed by atoms with Gasteiger partial charge in [0.25, 0.3) is 5.69 Å². The summed E-state index contributed by atoms with van der Waals surface area (Å²) in [5.41, 5.74) is 0.598. The van der Waals surface area contributed by atoms with Crippen LogP contribution in [-0.4, -0.2) is 26.5 Å². The zero-order valence-electron chi connectivity index (χ0n) is 14.0. The normalized spacial score (nSPS) is 13.8. The predicted octanol–water partition coefficient (Wildman–Crippen LogP) is 3.08. The van der Waals surface area contributed by atoms with Gasteiger partial charge >= 0.3 is 0 Å². The number of primary sulfonamides is 1. The van der Waals surface area contributed by atoms with Crippen LogP contribution in [0.15, 0.2) is 47.4 Å². The highest BCUT2D eigenvalue weighted by Crippen LogP contribution is 2.31. The van der Waals surface area contributed by atoms with Gasteiger partial charge in [0.15, 0.2) is 0 Å². The van der Waals surface area contributed by atoms with Crippen LogP contribution in [0.2, 0.25) is 5.02 Å². The second kappa shape index (κ2) is 8.00. The molecule has 0 aliphatic carbocycles. The molecule has 0 heterocycles. The van der Waals surface area contributed by atoms with E-state index in [2.05, 4.69) is 5.32 Å². The van der Waals surface area contributed by atoms with Crippen molar-refractivity contribution in [3.63, 3.8) is 0 Å². The minimum Gasteiger partial charge on any atom is -0.375 e. The van der Waals surface area contributed by atoms with Gasteiger partial charge in [0.05, 0.1) is 15.9 Å². The highest BCUT2D eigenvalue weighted by atomic mass is 35.5. The second-order valence-corrected chi connectivity index (χ2v) is 7.62. The number of hydrogen-bond acceptors (Lipinski definition) is 6. The molecule has 0 amide bonds. The third-order valence-electron chi connectivity index (χ3n) is 3.78. The smallest absolute Gasteiger partial charge is 0.293 e. The molecule has 0 spiro atoms. The molecule has 3 N–H and O–H groups in total. The van der Waals surface area contributed by atoms with E-state index < -0.39 is 26.7 Å². The van der Waals surface area contributed by atoms with Gasteiger partial charge in [-0.25, -0.2) is 13.6 Å². The van der Waals surface area contributed by atoms with Crippen molar-refractivity contribution in [2.24, 2.45) is 5.14 Å². The lowest BCUT2D eigenvalue weighted by atomic mass is 10.0. The van der Waals surface area contributed by atoms with E-state index in [9.17, 15) is 18.5 Å². The number of rotatable bonds is 7. The SMILES string of the molecule is COC(c1ccc(Cl)cc1)C(C)Nc1ccc(S(N)(=O)=O)cc1[N+](=O)[O-]. The van der Waals surface area contributed by atoms with Crippen LogP contribution in [0.1, 0.15) is 18.6 Å². The van der Waals surface area contributed by atoms with E-state index in [1.54, 1.807) is 31.2 Å². The summed E-state index contributed by atoms with van der Waals surface area (Å²) in [6.45, 7) is 1.79. The maximum atomic E-state index is 11.4. The Morgan fingerprint density at radius 3 is 2.35 bits per heavy atom. The molecule has 2 rings (SSSR count). The maximum absolute atomic E-state index is 11.4. The Labute approximate surface area is 156 Å². The molecule has 10 heteroatoms. The van der Waals surface area contributed by atoms with Crippen molar-refractivity contribution in [2.75, 3.05) is 12.4 Å². The van der Waals surface area contributed by atoms with Crippen molar-refractivity contribution in [1.82, 2.24) is 0 Å². The van der Waals surface area contributed by atoms with Crippen molar-refractivity contribution in [2.45, 2.75) is 24.0 Å². The number of methoxy groups -OCH3 is 1. The number of nitrogens with two attached hydrogens (primary N) is 1. The Bertz CT molecular complexity index is 903. The van der Waals surface area contributed by atoms with Crippen LogP contribution in [0, 0.1) is 10.1 Å². The molecule has 2 unspecified atom stereocenters. The van der Waals surface area contributed by atoms with Crippen LogP contribution < -0.4 is 10.5 Å². The zero-order chi connectivity index (χ0) is 19.5. The van der Waals surface area contributed by atoms with Crippen LogP contribution >= 0.6 is 11.6 Å². The van der Waals surface area contributed by atoms with Crippen molar-refractivity contribution in [3.8, 4) is 0 Å². The summed E-state index contributed by atoms with van der Waals surface area (Å²) in [5.74, 6) is 0. The highest BCUT2D eigenvalue weighted by Gasteiger charge is 2.24. The molecule has 2 aromatic rings. The molecule has 0 saturated carbocycles. The number of anilines is 1. The molecule has 0 saturated heterocycles. The lowest BCUT2D eigenvalue weighted by Gasteiger charge is -2.25. The van der Waals surface area contributed by atoms with Gasteiger partial charge in [-0.1, -0.05) is 23.7 Å². The molecule has 0 fully saturated rings. The fraction of sp³-hybridized carbons (Fsp3) is 0.250. The minimum atomic E-state index is -4.04. The summed E-state index contributed by atoms with van der Waals surface area (Å²) in [6.07, 6.45) is -0.412. The van der Waals surface area contributed by atoms with E-state index in [1.807, 2.05) is 0 Å². The fourth-order valence-corrected chi connectivity index (χ4v) is 3.22. The molecule has 0 bridgehead atoms. The number of sulfonamides is 1. The molecule has 26 heavy (non-hydrogen) atoms. The van der Waals surface area contributed by atoms with Crippen molar-refractivity contribution >= 4 is 33.0 Å².